The van der Waals surface area contributed by atoms with Gasteiger partial charge in [0.25, 0.3) is 5.91 Å². The van der Waals surface area contributed by atoms with Gasteiger partial charge in [0, 0.05) is 42.3 Å². The van der Waals surface area contributed by atoms with E-state index in [0.29, 0.717) is 44.8 Å². The van der Waals surface area contributed by atoms with Crippen molar-refractivity contribution in [2.45, 2.75) is 11.3 Å². The molecule has 1 amide bonds. The van der Waals surface area contributed by atoms with Crippen LogP contribution in [0.1, 0.15) is 15.9 Å². The number of fused-ring (bicyclic) bond motifs is 1. The maximum Gasteiger partial charge on any atom is 0.251 e. The first-order chi connectivity index (χ1) is 14.1. The second kappa shape index (κ2) is 8.36. The molecule has 1 aliphatic rings. The van der Waals surface area contributed by atoms with E-state index in [0.717, 1.165) is 16.5 Å². The number of nitrogens with zero attached hydrogens (tertiary/aromatic N) is 1. The molecule has 0 unspecified atom stereocenters. The van der Waals surface area contributed by atoms with Gasteiger partial charge in [-0.3, -0.25) is 4.79 Å². The average molecular weight is 413 g/mol. The molecule has 0 atom stereocenters. The number of aromatic amines is 1. The summed E-state index contributed by atoms with van der Waals surface area (Å²) in [6.45, 7) is 1.98. The molecule has 1 aliphatic heterocycles. The predicted molar refractivity (Wildman–Crippen MR) is 110 cm³/mol. The zero-order valence-corrected chi connectivity index (χ0v) is 16.7. The molecule has 8 heteroatoms. The first kappa shape index (κ1) is 19.6. The van der Waals surface area contributed by atoms with Crippen LogP contribution in [-0.2, 0) is 21.2 Å². The van der Waals surface area contributed by atoms with Gasteiger partial charge >= 0.3 is 0 Å². The third-order valence-corrected chi connectivity index (χ3v) is 6.99. The number of benzene rings is 2. The molecule has 4 rings (SSSR count). The smallest absolute Gasteiger partial charge is 0.251 e. The second-order valence-electron chi connectivity index (χ2n) is 6.91. The SMILES string of the molecule is O=C(NCCc1c[nH]c2ccccc12)c1ccc(S(=O)(=O)N2CCOCC2)cc1. The number of carbonyl (C=O) groups is 1. The number of morpholine rings is 1. The van der Waals surface area contributed by atoms with Crippen molar-refractivity contribution in [1.82, 2.24) is 14.6 Å². The Balaban J connectivity index is 1.36. The summed E-state index contributed by atoms with van der Waals surface area (Å²) in [5.74, 6) is -0.222. The number of amides is 1. The summed E-state index contributed by atoms with van der Waals surface area (Å²) in [7, 11) is -3.55. The topological polar surface area (TPSA) is 91.5 Å². The molecular weight excluding hydrogens is 390 g/mol. The van der Waals surface area contributed by atoms with Gasteiger partial charge in [0.2, 0.25) is 10.0 Å². The maximum atomic E-state index is 12.6. The zero-order chi connectivity index (χ0) is 20.3. The van der Waals surface area contributed by atoms with E-state index >= 15 is 0 Å². The van der Waals surface area contributed by atoms with E-state index < -0.39 is 10.0 Å². The minimum Gasteiger partial charge on any atom is -0.379 e. The number of carbonyl (C=O) groups excluding carboxylic acids is 1. The number of H-pyrrole nitrogens is 1. The van der Waals surface area contributed by atoms with Gasteiger partial charge in [0.05, 0.1) is 18.1 Å². The van der Waals surface area contributed by atoms with Crippen molar-refractivity contribution in [3.8, 4) is 0 Å². The average Bonchev–Trinajstić information content (AvgIpc) is 3.17. The standard InChI is InChI=1S/C21H23N3O4S/c25-21(22-10-9-17-15-23-20-4-2-1-3-19(17)20)16-5-7-18(8-6-16)29(26,27)24-11-13-28-14-12-24/h1-8,15,23H,9-14H2,(H,22,25). The van der Waals surface area contributed by atoms with Gasteiger partial charge in [-0.15, -0.1) is 0 Å². The molecule has 0 bridgehead atoms. The molecule has 3 aromatic rings. The fraction of sp³-hybridized carbons (Fsp3) is 0.286. The molecule has 2 N–H and O–H groups in total. The van der Waals surface area contributed by atoms with Gasteiger partial charge in [0.1, 0.15) is 0 Å². The van der Waals surface area contributed by atoms with E-state index in [9.17, 15) is 13.2 Å². The van der Waals surface area contributed by atoms with E-state index in [-0.39, 0.29) is 10.8 Å². The summed E-state index contributed by atoms with van der Waals surface area (Å²) in [6.07, 6.45) is 2.67. The van der Waals surface area contributed by atoms with Gasteiger partial charge in [-0.25, -0.2) is 8.42 Å². The van der Waals surface area contributed by atoms with Crippen LogP contribution in [0.4, 0.5) is 0 Å². The fourth-order valence-corrected chi connectivity index (χ4v) is 4.87. The molecule has 0 aliphatic carbocycles. The first-order valence-electron chi connectivity index (χ1n) is 9.57. The largest absolute Gasteiger partial charge is 0.379 e. The van der Waals surface area contributed by atoms with Crippen molar-refractivity contribution >= 4 is 26.8 Å². The third-order valence-electron chi connectivity index (χ3n) is 5.08. The molecule has 1 aromatic heterocycles. The summed E-state index contributed by atoms with van der Waals surface area (Å²) in [5.41, 5.74) is 2.66. The third kappa shape index (κ3) is 4.19. The number of sulfonamides is 1. The highest BCUT2D eigenvalue weighted by Crippen LogP contribution is 2.19. The molecule has 2 heterocycles. The van der Waals surface area contributed by atoms with Crippen LogP contribution in [-0.4, -0.2) is 56.5 Å². The number of ether oxygens (including phenoxy) is 1. The molecule has 7 nitrogen and oxygen atoms in total. The number of nitrogens with one attached hydrogen (secondary N) is 2. The normalized spacial score (nSPS) is 15.4. The predicted octanol–water partition coefficient (Wildman–Crippen LogP) is 2.16. The lowest BCUT2D eigenvalue weighted by Gasteiger charge is -2.26. The van der Waals surface area contributed by atoms with Crippen LogP contribution in [0, 0.1) is 0 Å². The Morgan fingerprint density at radius 3 is 2.55 bits per heavy atom. The summed E-state index contributed by atoms with van der Waals surface area (Å²) >= 11 is 0. The van der Waals surface area contributed by atoms with Crippen LogP contribution in [0.2, 0.25) is 0 Å². The van der Waals surface area contributed by atoms with Crippen molar-refractivity contribution < 1.29 is 17.9 Å². The molecule has 1 fully saturated rings. The van der Waals surface area contributed by atoms with Crippen LogP contribution in [0.15, 0.2) is 59.6 Å². The Kier molecular flexibility index (Phi) is 5.66. The zero-order valence-electron chi connectivity index (χ0n) is 15.9. The van der Waals surface area contributed by atoms with Crippen LogP contribution in [0.25, 0.3) is 10.9 Å². The highest BCUT2D eigenvalue weighted by Gasteiger charge is 2.26. The van der Waals surface area contributed by atoms with E-state index in [1.807, 2.05) is 24.4 Å². The number of aromatic nitrogens is 1. The molecule has 29 heavy (non-hydrogen) atoms. The molecular formula is C21H23N3O4S. The number of hydrogen-bond donors (Lipinski definition) is 2. The summed E-state index contributed by atoms with van der Waals surface area (Å²) in [5, 5.41) is 4.05. The lowest BCUT2D eigenvalue weighted by molar-refractivity contribution is 0.0730. The van der Waals surface area contributed by atoms with Crippen molar-refractivity contribution in [2.24, 2.45) is 0 Å². The maximum absolute atomic E-state index is 12.6. The van der Waals surface area contributed by atoms with Crippen LogP contribution in [0.3, 0.4) is 0 Å². The fourth-order valence-electron chi connectivity index (χ4n) is 3.47. The quantitative estimate of drug-likeness (QED) is 0.648. The Morgan fingerprint density at radius 1 is 1.07 bits per heavy atom. The Labute approximate surface area is 169 Å². The lowest BCUT2D eigenvalue weighted by Crippen LogP contribution is -2.40. The van der Waals surface area contributed by atoms with Crippen molar-refractivity contribution in [1.29, 1.82) is 0 Å². The summed E-state index contributed by atoms with van der Waals surface area (Å²) in [4.78, 5) is 15.8. The van der Waals surface area contributed by atoms with Gasteiger partial charge < -0.3 is 15.0 Å². The second-order valence-corrected chi connectivity index (χ2v) is 8.84. The van der Waals surface area contributed by atoms with Gasteiger partial charge in [-0.2, -0.15) is 4.31 Å². The van der Waals surface area contributed by atoms with E-state index in [4.69, 9.17) is 4.74 Å². The first-order valence-corrected chi connectivity index (χ1v) is 11.0. The molecule has 152 valence electrons. The molecule has 2 aromatic carbocycles. The van der Waals surface area contributed by atoms with Gasteiger partial charge in [-0.05, 0) is 42.3 Å². The van der Waals surface area contributed by atoms with Gasteiger partial charge in [0.15, 0.2) is 0 Å². The van der Waals surface area contributed by atoms with Crippen LogP contribution >= 0.6 is 0 Å². The molecule has 0 saturated carbocycles. The van der Waals surface area contributed by atoms with Crippen LogP contribution < -0.4 is 5.32 Å². The Morgan fingerprint density at radius 2 is 1.79 bits per heavy atom. The minimum absolute atomic E-state index is 0.190. The molecule has 1 saturated heterocycles. The highest BCUT2D eigenvalue weighted by atomic mass is 32.2. The Hall–Kier alpha value is -2.68. The summed E-state index contributed by atoms with van der Waals surface area (Å²) < 4.78 is 31.9. The lowest BCUT2D eigenvalue weighted by atomic mass is 10.1. The molecule has 0 spiro atoms. The number of para-hydroxylation sites is 1. The van der Waals surface area contributed by atoms with Crippen LogP contribution in [0.5, 0.6) is 0 Å². The van der Waals surface area contributed by atoms with Crippen molar-refractivity contribution in [2.75, 3.05) is 32.8 Å². The number of rotatable bonds is 6. The monoisotopic (exact) mass is 413 g/mol. The Bertz CT molecular complexity index is 1100. The number of hydrogen-bond acceptors (Lipinski definition) is 4. The highest BCUT2D eigenvalue weighted by molar-refractivity contribution is 7.89. The summed E-state index contributed by atoms with van der Waals surface area (Å²) in [6, 6.07) is 14.1. The minimum atomic E-state index is -3.55. The van der Waals surface area contributed by atoms with Crippen molar-refractivity contribution in [3.05, 3.63) is 65.9 Å². The molecule has 0 radical (unpaired) electrons. The van der Waals surface area contributed by atoms with E-state index in [1.54, 1.807) is 12.1 Å². The van der Waals surface area contributed by atoms with E-state index in [1.165, 1.54) is 16.4 Å². The van der Waals surface area contributed by atoms with Crippen molar-refractivity contribution in [3.63, 3.8) is 0 Å². The van der Waals surface area contributed by atoms with Gasteiger partial charge in [-0.1, -0.05) is 18.2 Å². The van der Waals surface area contributed by atoms with E-state index in [2.05, 4.69) is 16.4 Å².